The number of aromatic nitrogens is 4. The van der Waals surface area contributed by atoms with E-state index in [1.165, 1.54) is 12.3 Å². The zero-order chi connectivity index (χ0) is 15.5. The van der Waals surface area contributed by atoms with E-state index in [4.69, 9.17) is 0 Å². The highest BCUT2D eigenvalue weighted by atomic mass is 16.4. The van der Waals surface area contributed by atoms with Gasteiger partial charge in [-0.2, -0.15) is 9.78 Å². The van der Waals surface area contributed by atoms with Gasteiger partial charge in [0.1, 0.15) is 17.2 Å². The molecule has 0 atom stereocenters. The molecule has 7 heteroatoms. The average Bonchev–Trinajstić information content (AvgIpc) is 2.89. The number of hydrogen-bond acceptors (Lipinski definition) is 5. The number of pyridine rings is 2. The molecular formula is C15H13N5O2. The van der Waals surface area contributed by atoms with Gasteiger partial charge in [0.25, 0.3) is 0 Å². The predicted octanol–water partition coefficient (Wildman–Crippen LogP) is 2.41. The van der Waals surface area contributed by atoms with E-state index in [2.05, 4.69) is 20.4 Å². The fourth-order valence-corrected chi connectivity index (χ4v) is 2.04. The van der Waals surface area contributed by atoms with E-state index in [0.717, 1.165) is 5.69 Å². The fraction of sp³-hybridized carbons (Fsp3) is 0.0667. The summed E-state index contributed by atoms with van der Waals surface area (Å²) in [5.41, 5.74) is 0.870. The van der Waals surface area contributed by atoms with Crippen LogP contribution in [0.25, 0.3) is 5.82 Å². The van der Waals surface area contributed by atoms with Crippen LogP contribution in [0.1, 0.15) is 16.1 Å². The molecule has 0 aliphatic carbocycles. The van der Waals surface area contributed by atoms with Gasteiger partial charge in [-0.15, -0.1) is 0 Å². The van der Waals surface area contributed by atoms with Crippen LogP contribution >= 0.6 is 0 Å². The van der Waals surface area contributed by atoms with Crippen molar-refractivity contribution in [3.05, 3.63) is 60.0 Å². The normalized spacial score (nSPS) is 10.4. The third-order valence-electron chi connectivity index (χ3n) is 2.98. The van der Waals surface area contributed by atoms with Crippen LogP contribution in [0.3, 0.4) is 0 Å². The summed E-state index contributed by atoms with van der Waals surface area (Å²) in [5, 5.41) is 16.6. The summed E-state index contributed by atoms with van der Waals surface area (Å²) in [6.45, 7) is 1.85. The van der Waals surface area contributed by atoms with Gasteiger partial charge in [0.2, 0.25) is 0 Å². The van der Waals surface area contributed by atoms with Gasteiger partial charge in [0, 0.05) is 18.5 Å². The number of aromatic carboxylic acids is 1. The molecule has 0 aliphatic heterocycles. The molecule has 3 aromatic heterocycles. The molecule has 0 saturated heterocycles. The van der Waals surface area contributed by atoms with Gasteiger partial charge in [-0.25, -0.2) is 14.8 Å². The van der Waals surface area contributed by atoms with Gasteiger partial charge in [-0.05, 0) is 31.2 Å². The summed E-state index contributed by atoms with van der Waals surface area (Å²) in [6, 6.07) is 10.4. The minimum absolute atomic E-state index is 0.0916. The summed E-state index contributed by atoms with van der Waals surface area (Å²) in [5.74, 6) is 0.437. The van der Waals surface area contributed by atoms with Crippen molar-refractivity contribution in [1.29, 1.82) is 0 Å². The highest BCUT2D eigenvalue weighted by Crippen LogP contribution is 2.21. The molecule has 0 fully saturated rings. The molecule has 0 spiro atoms. The molecule has 0 bridgehead atoms. The minimum Gasteiger partial charge on any atom is -0.478 e. The Morgan fingerprint density at radius 2 is 2.00 bits per heavy atom. The first-order valence-electron chi connectivity index (χ1n) is 6.58. The van der Waals surface area contributed by atoms with Gasteiger partial charge in [-0.3, -0.25) is 0 Å². The van der Waals surface area contributed by atoms with Crippen LogP contribution in [-0.2, 0) is 0 Å². The highest BCUT2D eigenvalue weighted by Gasteiger charge is 2.14. The van der Waals surface area contributed by atoms with Gasteiger partial charge < -0.3 is 10.4 Å². The summed E-state index contributed by atoms with van der Waals surface area (Å²) in [4.78, 5) is 19.6. The second kappa shape index (κ2) is 5.65. The molecule has 7 nitrogen and oxygen atoms in total. The quantitative estimate of drug-likeness (QED) is 0.767. The first-order chi connectivity index (χ1) is 10.6. The van der Waals surface area contributed by atoms with Crippen molar-refractivity contribution in [3.63, 3.8) is 0 Å². The Morgan fingerprint density at radius 3 is 2.73 bits per heavy atom. The van der Waals surface area contributed by atoms with Crippen molar-refractivity contribution < 1.29 is 9.90 Å². The van der Waals surface area contributed by atoms with Crippen LogP contribution in [0.5, 0.6) is 0 Å². The van der Waals surface area contributed by atoms with Crippen molar-refractivity contribution in [2.75, 3.05) is 5.32 Å². The summed E-state index contributed by atoms with van der Waals surface area (Å²) in [6.07, 6.45) is 3.20. The summed E-state index contributed by atoms with van der Waals surface area (Å²) < 4.78 is 1.61. The van der Waals surface area contributed by atoms with Crippen molar-refractivity contribution in [1.82, 2.24) is 19.7 Å². The lowest BCUT2D eigenvalue weighted by Crippen LogP contribution is -2.08. The monoisotopic (exact) mass is 295 g/mol. The molecule has 2 N–H and O–H groups in total. The Morgan fingerprint density at radius 1 is 1.18 bits per heavy atom. The Hall–Kier alpha value is -3.22. The molecule has 110 valence electrons. The number of hydrogen-bond donors (Lipinski definition) is 2. The molecule has 3 aromatic rings. The zero-order valence-corrected chi connectivity index (χ0v) is 11.8. The van der Waals surface area contributed by atoms with E-state index in [-0.39, 0.29) is 11.4 Å². The Labute approximate surface area is 126 Å². The molecule has 0 aliphatic rings. The number of nitrogens with one attached hydrogen (secondary N) is 1. The van der Waals surface area contributed by atoms with Crippen LogP contribution in [0, 0.1) is 6.92 Å². The molecule has 22 heavy (non-hydrogen) atoms. The van der Waals surface area contributed by atoms with E-state index >= 15 is 0 Å². The molecule has 0 saturated carbocycles. The van der Waals surface area contributed by atoms with Crippen molar-refractivity contribution in [3.8, 4) is 5.82 Å². The van der Waals surface area contributed by atoms with Crippen LogP contribution in [0.15, 0.2) is 48.8 Å². The molecule has 0 amide bonds. The summed E-state index contributed by atoms with van der Waals surface area (Å²) >= 11 is 0. The number of carboxylic acid groups (broad SMARTS) is 1. The van der Waals surface area contributed by atoms with Crippen molar-refractivity contribution >= 4 is 17.6 Å². The maximum atomic E-state index is 11.3. The first-order valence-corrected chi connectivity index (χ1v) is 6.58. The number of carbonyl (C=O) groups is 1. The lowest BCUT2D eigenvalue weighted by molar-refractivity contribution is 0.0697. The number of rotatable bonds is 4. The smallest absolute Gasteiger partial charge is 0.339 e. The molecule has 0 aromatic carbocycles. The van der Waals surface area contributed by atoms with E-state index in [9.17, 15) is 9.90 Å². The molecule has 0 unspecified atom stereocenters. The SMILES string of the molecule is Cc1cc(Nc2ncccc2C(=O)O)n(-c2ccccn2)n1. The summed E-state index contributed by atoms with van der Waals surface area (Å²) in [7, 11) is 0. The van der Waals surface area contributed by atoms with Gasteiger partial charge in [0.15, 0.2) is 5.82 Å². The number of nitrogens with zero attached hydrogens (tertiary/aromatic N) is 4. The fourth-order valence-electron chi connectivity index (χ4n) is 2.04. The molecule has 3 heterocycles. The number of aryl methyl sites for hydroxylation is 1. The Bertz CT molecular complexity index is 814. The Balaban J connectivity index is 2.03. The lowest BCUT2D eigenvalue weighted by atomic mass is 10.2. The van der Waals surface area contributed by atoms with Gasteiger partial charge in [-0.1, -0.05) is 6.07 Å². The maximum Gasteiger partial charge on any atom is 0.339 e. The van der Waals surface area contributed by atoms with Crippen LogP contribution < -0.4 is 5.32 Å². The van der Waals surface area contributed by atoms with Crippen molar-refractivity contribution in [2.24, 2.45) is 0 Å². The third kappa shape index (κ3) is 2.64. The maximum absolute atomic E-state index is 11.3. The minimum atomic E-state index is -1.05. The standard InChI is InChI=1S/C15H13N5O2/c1-10-9-13(20(19-10)12-6-2-3-7-16-12)18-14-11(15(21)22)5-4-8-17-14/h2-9H,1H3,(H,17,18)(H,21,22). The van der Waals surface area contributed by atoms with Crippen LogP contribution in [0.2, 0.25) is 0 Å². The van der Waals surface area contributed by atoms with Gasteiger partial charge in [0.05, 0.1) is 5.69 Å². The second-order valence-electron chi connectivity index (χ2n) is 4.60. The van der Waals surface area contributed by atoms with E-state index < -0.39 is 5.97 Å². The predicted molar refractivity (Wildman–Crippen MR) is 80.6 cm³/mol. The van der Waals surface area contributed by atoms with E-state index in [1.54, 1.807) is 23.0 Å². The average molecular weight is 295 g/mol. The third-order valence-corrected chi connectivity index (χ3v) is 2.98. The molecule has 3 rings (SSSR count). The van der Waals surface area contributed by atoms with Gasteiger partial charge >= 0.3 is 5.97 Å². The number of carboxylic acids is 1. The largest absolute Gasteiger partial charge is 0.478 e. The topological polar surface area (TPSA) is 92.9 Å². The molecule has 0 radical (unpaired) electrons. The van der Waals surface area contributed by atoms with E-state index in [0.29, 0.717) is 11.6 Å². The molecular weight excluding hydrogens is 282 g/mol. The zero-order valence-electron chi connectivity index (χ0n) is 11.8. The highest BCUT2D eigenvalue weighted by molar-refractivity contribution is 5.93. The van der Waals surface area contributed by atoms with Crippen LogP contribution in [0.4, 0.5) is 11.6 Å². The van der Waals surface area contributed by atoms with E-state index in [1.807, 2.05) is 25.1 Å². The second-order valence-corrected chi connectivity index (χ2v) is 4.60. The number of anilines is 2. The Kier molecular flexibility index (Phi) is 3.53. The first kappa shape index (κ1) is 13.7. The van der Waals surface area contributed by atoms with Crippen LogP contribution in [-0.4, -0.2) is 30.8 Å². The van der Waals surface area contributed by atoms with Crippen molar-refractivity contribution in [2.45, 2.75) is 6.92 Å². The lowest BCUT2D eigenvalue weighted by Gasteiger charge is -2.10.